The van der Waals surface area contributed by atoms with Gasteiger partial charge in [-0.3, -0.25) is 0 Å². The van der Waals surface area contributed by atoms with E-state index in [1.54, 1.807) is 12.1 Å². The van der Waals surface area contributed by atoms with Gasteiger partial charge in [0.2, 0.25) is 0 Å². The van der Waals surface area contributed by atoms with E-state index in [9.17, 15) is 17.9 Å². The monoisotopic (exact) mass is 272 g/mol. The van der Waals surface area contributed by atoms with E-state index in [2.05, 4.69) is 0 Å². The maximum atomic E-state index is 13.0. The molecule has 0 bridgehead atoms. The second-order valence-corrected chi connectivity index (χ2v) is 7.14. The van der Waals surface area contributed by atoms with Gasteiger partial charge in [-0.25, -0.2) is 12.8 Å². The van der Waals surface area contributed by atoms with E-state index in [0.717, 1.165) is 6.42 Å². The lowest BCUT2D eigenvalue weighted by atomic mass is 10.0. The molecule has 100 valence electrons. The molecule has 0 saturated carbocycles. The molecule has 0 aliphatic carbocycles. The largest absolute Gasteiger partial charge is 0.391 e. The van der Waals surface area contributed by atoms with E-state index in [4.69, 9.17) is 0 Å². The molecule has 1 saturated heterocycles. The van der Waals surface area contributed by atoms with Crippen LogP contribution in [0.25, 0.3) is 0 Å². The molecule has 2 rings (SSSR count). The molecule has 3 nitrogen and oxygen atoms in total. The summed E-state index contributed by atoms with van der Waals surface area (Å²) in [6, 6.07) is 5.92. The van der Waals surface area contributed by atoms with Gasteiger partial charge in [-0.1, -0.05) is 18.6 Å². The molecule has 1 fully saturated rings. The Hall–Kier alpha value is -0.940. The summed E-state index contributed by atoms with van der Waals surface area (Å²) >= 11 is 0. The van der Waals surface area contributed by atoms with E-state index in [1.165, 1.54) is 12.1 Å². The van der Waals surface area contributed by atoms with Crippen LogP contribution in [0.15, 0.2) is 24.3 Å². The van der Waals surface area contributed by atoms with Crippen LogP contribution in [-0.2, 0) is 16.3 Å². The van der Waals surface area contributed by atoms with Crippen molar-refractivity contribution in [2.75, 3.05) is 5.75 Å². The maximum Gasteiger partial charge on any atom is 0.155 e. The molecule has 1 aromatic carbocycles. The first kappa shape index (κ1) is 13.5. The van der Waals surface area contributed by atoms with Gasteiger partial charge in [0.25, 0.3) is 0 Å². The van der Waals surface area contributed by atoms with Crippen molar-refractivity contribution in [2.45, 2.75) is 37.0 Å². The molecule has 0 radical (unpaired) electrons. The van der Waals surface area contributed by atoms with E-state index in [-0.39, 0.29) is 18.0 Å². The lowest BCUT2D eigenvalue weighted by Crippen LogP contribution is -2.39. The van der Waals surface area contributed by atoms with Crippen molar-refractivity contribution in [2.24, 2.45) is 0 Å². The Labute approximate surface area is 107 Å². The Morgan fingerprint density at radius 2 is 2.17 bits per heavy atom. The SMILES string of the molecule is O=S1(=O)CCCCC1C(O)Cc1cccc(F)c1. The number of aliphatic hydroxyl groups excluding tert-OH is 1. The Kier molecular flexibility index (Phi) is 4.02. The molecule has 2 atom stereocenters. The van der Waals surface area contributed by atoms with Crippen LogP contribution in [0.1, 0.15) is 24.8 Å². The normalized spacial score (nSPS) is 24.7. The minimum Gasteiger partial charge on any atom is -0.391 e. The summed E-state index contributed by atoms with van der Waals surface area (Å²) in [5, 5.41) is 9.35. The first-order valence-corrected chi connectivity index (χ1v) is 7.85. The summed E-state index contributed by atoms with van der Waals surface area (Å²) < 4.78 is 36.7. The highest BCUT2D eigenvalue weighted by Gasteiger charge is 2.34. The van der Waals surface area contributed by atoms with Crippen molar-refractivity contribution in [1.82, 2.24) is 0 Å². The first-order valence-electron chi connectivity index (χ1n) is 6.13. The Balaban J connectivity index is 2.09. The minimum atomic E-state index is -3.20. The predicted molar refractivity (Wildman–Crippen MR) is 67.5 cm³/mol. The van der Waals surface area contributed by atoms with Crippen LogP contribution in [0.3, 0.4) is 0 Å². The number of rotatable bonds is 3. The molecule has 5 heteroatoms. The van der Waals surface area contributed by atoms with Crippen molar-refractivity contribution < 1.29 is 17.9 Å². The summed E-state index contributed by atoms with van der Waals surface area (Å²) in [5.74, 6) is -0.219. The van der Waals surface area contributed by atoms with Crippen molar-refractivity contribution >= 4 is 9.84 Å². The van der Waals surface area contributed by atoms with Crippen molar-refractivity contribution in [3.05, 3.63) is 35.6 Å². The van der Waals surface area contributed by atoms with E-state index >= 15 is 0 Å². The molecule has 1 aliphatic heterocycles. The van der Waals surface area contributed by atoms with Crippen LogP contribution in [0.4, 0.5) is 4.39 Å². The third-order valence-electron chi connectivity index (χ3n) is 3.39. The van der Waals surface area contributed by atoms with Gasteiger partial charge in [-0.2, -0.15) is 0 Å². The molecule has 1 heterocycles. The highest BCUT2D eigenvalue weighted by Crippen LogP contribution is 2.24. The van der Waals surface area contributed by atoms with Crippen LogP contribution in [0.2, 0.25) is 0 Å². The lowest BCUT2D eigenvalue weighted by Gasteiger charge is -2.26. The topological polar surface area (TPSA) is 54.4 Å². The zero-order valence-electron chi connectivity index (χ0n) is 10.0. The average molecular weight is 272 g/mol. The maximum absolute atomic E-state index is 13.0. The zero-order chi connectivity index (χ0) is 13.2. The summed E-state index contributed by atoms with van der Waals surface area (Å²) in [6.07, 6.45) is 1.23. The highest BCUT2D eigenvalue weighted by atomic mass is 32.2. The quantitative estimate of drug-likeness (QED) is 0.911. The molecule has 1 N–H and O–H groups in total. The molecule has 1 aromatic rings. The number of halogens is 1. The summed E-state index contributed by atoms with van der Waals surface area (Å²) in [7, 11) is -3.20. The lowest BCUT2D eigenvalue weighted by molar-refractivity contribution is 0.162. The Morgan fingerprint density at radius 3 is 2.83 bits per heavy atom. The number of hydrogen-bond donors (Lipinski definition) is 1. The fourth-order valence-corrected chi connectivity index (χ4v) is 4.46. The number of benzene rings is 1. The van der Waals surface area contributed by atoms with Gasteiger partial charge >= 0.3 is 0 Å². The van der Waals surface area contributed by atoms with Gasteiger partial charge in [0.1, 0.15) is 5.82 Å². The highest BCUT2D eigenvalue weighted by molar-refractivity contribution is 7.92. The number of hydrogen-bond acceptors (Lipinski definition) is 3. The van der Waals surface area contributed by atoms with Crippen LogP contribution < -0.4 is 0 Å². The first-order chi connectivity index (χ1) is 8.49. The van der Waals surface area contributed by atoms with E-state index in [0.29, 0.717) is 18.4 Å². The Morgan fingerprint density at radius 1 is 1.39 bits per heavy atom. The molecule has 0 aromatic heterocycles. The number of sulfone groups is 1. The molecule has 18 heavy (non-hydrogen) atoms. The van der Waals surface area contributed by atoms with Gasteiger partial charge in [0.05, 0.1) is 17.1 Å². The molecular weight excluding hydrogens is 255 g/mol. The van der Waals surface area contributed by atoms with Crippen LogP contribution in [0.5, 0.6) is 0 Å². The van der Waals surface area contributed by atoms with Gasteiger partial charge in [0, 0.05) is 0 Å². The number of aliphatic hydroxyl groups is 1. The summed E-state index contributed by atoms with van der Waals surface area (Å²) in [5.41, 5.74) is 0.628. The fourth-order valence-electron chi connectivity index (χ4n) is 2.45. The molecule has 0 spiro atoms. The van der Waals surface area contributed by atoms with Gasteiger partial charge < -0.3 is 5.11 Å². The van der Waals surface area contributed by atoms with Gasteiger partial charge in [-0.05, 0) is 37.0 Å². The van der Waals surface area contributed by atoms with Gasteiger partial charge in [0.15, 0.2) is 9.84 Å². The molecule has 2 unspecified atom stereocenters. The van der Waals surface area contributed by atoms with E-state index in [1.807, 2.05) is 0 Å². The van der Waals surface area contributed by atoms with Crippen molar-refractivity contribution in [3.63, 3.8) is 0 Å². The van der Waals surface area contributed by atoms with Crippen LogP contribution >= 0.6 is 0 Å². The molecule has 0 amide bonds. The zero-order valence-corrected chi connectivity index (χ0v) is 10.9. The smallest absolute Gasteiger partial charge is 0.155 e. The average Bonchev–Trinajstić information content (AvgIpc) is 2.28. The summed E-state index contributed by atoms with van der Waals surface area (Å²) in [4.78, 5) is 0. The molecule has 1 aliphatic rings. The van der Waals surface area contributed by atoms with E-state index < -0.39 is 21.2 Å². The third-order valence-corrected chi connectivity index (χ3v) is 5.72. The minimum absolute atomic E-state index is 0.151. The second-order valence-electron chi connectivity index (χ2n) is 4.80. The fraction of sp³-hybridized carbons (Fsp3) is 0.538. The van der Waals surface area contributed by atoms with Crippen LogP contribution in [-0.4, -0.2) is 30.6 Å². The van der Waals surface area contributed by atoms with Crippen LogP contribution in [0, 0.1) is 5.82 Å². The van der Waals surface area contributed by atoms with Gasteiger partial charge in [-0.15, -0.1) is 0 Å². The van der Waals surface area contributed by atoms with Crippen molar-refractivity contribution in [1.29, 1.82) is 0 Å². The second kappa shape index (κ2) is 5.36. The Bertz CT molecular complexity index is 513. The predicted octanol–water partition coefficient (Wildman–Crippen LogP) is 1.70. The third kappa shape index (κ3) is 3.09. The molecular formula is C13H17FO3S. The summed E-state index contributed by atoms with van der Waals surface area (Å²) in [6.45, 7) is 0. The standard InChI is InChI=1S/C13H17FO3S/c14-11-5-3-4-10(8-11)9-12(15)13-6-1-2-7-18(13,16)17/h3-5,8,12-13,15H,1-2,6-7,9H2. The van der Waals surface area contributed by atoms with Crippen molar-refractivity contribution in [3.8, 4) is 0 Å².